The third-order valence-corrected chi connectivity index (χ3v) is 6.70. The Bertz CT molecular complexity index is 645. The molecule has 0 unspecified atom stereocenters. The number of hydrogen-bond donors (Lipinski definition) is 2. The van der Waals surface area contributed by atoms with Crippen molar-refractivity contribution in [3.05, 3.63) is 29.3 Å². The molecular weight excluding hydrogens is 336 g/mol. The Hall–Kier alpha value is -1.55. The summed E-state index contributed by atoms with van der Waals surface area (Å²) >= 11 is 0. The van der Waals surface area contributed by atoms with Gasteiger partial charge in [0.05, 0.1) is 0 Å². The first-order chi connectivity index (χ1) is 13.0. The molecule has 0 aliphatic heterocycles. The summed E-state index contributed by atoms with van der Waals surface area (Å²) in [5.41, 5.74) is 9.40. The minimum Gasteiger partial charge on any atom is -0.410 e. The van der Waals surface area contributed by atoms with Crippen LogP contribution in [0.2, 0.25) is 0 Å². The zero-order valence-electron chi connectivity index (χ0n) is 17.1. The summed E-state index contributed by atoms with van der Waals surface area (Å²) in [4.78, 5) is 12.1. The van der Waals surface area contributed by atoms with E-state index in [0.29, 0.717) is 18.2 Å². The Morgan fingerprint density at radius 2 is 2.11 bits per heavy atom. The van der Waals surface area contributed by atoms with E-state index in [-0.39, 0.29) is 17.6 Å². The van der Waals surface area contributed by atoms with Crippen LogP contribution in [0.25, 0.3) is 0 Å². The number of hydrogen-bond acceptors (Lipinski definition) is 3. The van der Waals surface area contributed by atoms with Gasteiger partial charge in [-0.25, -0.2) is 4.79 Å². The molecule has 0 spiro atoms. The summed E-state index contributed by atoms with van der Waals surface area (Å²) in [5, 5.41) is 2.86. The van der Waals surface area contributed by atoms with Crippen LogP contribution < -0.4 is 15.8 Å². The van der Waals surface area contributed by atoms with Crippen LogP contribution in [0, 0.1) is 5.92 Å². The lowest BCUT2D eigenvalue weighted by Crippen LogP contribution is -2.52. The first kappa shape index (κ1) is 20.2. The molecule has 0 aromatic heterocycles. The molecule has 2 bridgehead atoms. The van der Waals surface area contributed by atoms with Gasteiger partial charge in [0.1, 0.15) is 5.75 Å². The summed E-state index contributed by atoms with van der Waals surface area (Å²) in [6.07, 6.45) is 11.4. The van der Waals surface area contributed by atoms with Crippen molar-refractivity contribution in [2.45, 2.75) is 89.5 Å². The maximum absolute atomic E-state index is 12.1. The lowest BCUT2D eigenvalue weighted by atomic mass is 9.60. The van der Waals surface area contributed by atoms with E-state index in [0.717, 1.165) is 25.7 Å². The molecule has 0 radical (unpaired) electrons. The number of benzene rings is 1. The number of rotatable bonds is 6. The number of carbonyl (C=O) groups excluding carboxylic acids is 1. The predicted molar refractivity (Wildman–Crippen MR) is 110 cm³/mol. The Morgan fingerprint density at radius 1 is 1.26 bits per heavy atom. The van der Waals surface area contributed by atoms with E-state index in [4.69, 9.17) is 10.5 Å². The topological polar surface area (TPSA) is 64.3 Å². The van der Waals surface area contributed by atoms with E-state index >= 15 is 0 Å². The second kappa shape index (κ2) is 9.09. The van der Waals surface area contributed by atoms with Gasteiger partial charge in [0.25, 0.3) is 0 Å². The predicted octanol–water partition coefficient (Wildman–Crippen LogP) is 5.08. The number of fused-ring (bicyclic) bond motifs is 4. The van der Waals surface area contributed by atoms with E-state index in [2.05, 4.69) is 31.3 Å². The normalized spacial score (nSPS) is 27.2. The highest BCUT2D eigenvalue weighted by molar-refractivity contribution is 5.70. The van der Waals surface area contributed by atoms with Gasteiger partial charge in [-0.1, -0.05) is 58.4 Å². The van der Waals surface area contributed by atoms with Crippen LogP contribution in [0.15, 0.2) is 18.2 Å². The van der Waals surface area contributed by atoms with Crippen molar-refractivity contribution in [3.63, 3.8) is 0 Å². The van der Waals surface area contributed by atoms with Gasteiger partial charge < -0.3 is 15.8 Å². The molecule has 1 aromatic carbocycles. The molecule has 27 heavy (non-hydrogen) atoms. The van der Waals surface area contributed by atoms with Crippen LogP contribution in [0.3, 0.4) is 0 Å². The Balaban J connectivity index is 1.68. The molecule has 3 atom stereocenters. The first-order valence-electron chi connectivity index (χ1n) is 10.9. The molecule has 0 saturated heterocycles. The van der Waals surface area contributed by atoms with Crippen molar-refractivity contribution in [1.82, 2.24) is 5.32 Å². The Labute approximate surface area is 164 Å². The highest BCUT2D eigenvalue weighted by Crippen LogP contribution is 2.46. The molecule has 150 valence electrons. The zero-order valence-corrected chi connectivity index (χ0v) is 17.1. The Morgan fingerprint density at radius 3 is 2.93 bits per heavy atom. The number of carbonyl (C=O) groups is 1. The van der Waals surface area contributed by atoms with Gasteiger partial charge in [-0.05, 0) is 54.9 Å². The molecule has 4 nitrogen and oxygen atoms in total. The monoisotopic (exact) mass is 372 g/mol. The van der Waals surface area contributed by atoms with Gasteiger partial charge in [-0.3, -0.25) is 0 Å². The lowest BCUT2D eigenvalue weighted by Gasteiger charge is -2.47. The molecule has 2 aliphatic carbocycles. The van der Waals surface area contributed by atoms with Crippen LogP contribution in [-0.4, -0.2) is 18.7 Å². The van der Waals surface area contributed by atoms with Crippen LogP contribution in [0.4, 0.5) is 4.79 Å². The zero-order chi connectivity index (χ0) is 19.3. The van der Waals surface area contributed by atoms with Crippen LogP contribution in [0.5, 0.6) is 5.75 Å². The molecule has 4 heteroatoms. The van der Waals surface area contributed by atoms with Gasteiger partial charge in [0, 0.05) is 18.0 Å². The summed E-state index contributed by atoms with van der Waals surface area (Å²) < 4.78 is 5.57. The average Bonchev–Trinajstić information content (AvgIpc) is 2.65. The molecule has 1 amide bonds. The quantitative estimate of drug-likeness (QED) is 0.685. The van der Waals surface area contributed by atoms with Gasteiger partial charge in [-0.2, -0.15) is 0 Å². The van der Waals surface area contributed by atoms with Gasteiger partial charge in [0.15, 0.2) is 0 Å². The standard InChI is InChI=1S/C23H36N2O2/c1-3-4-5-9-14-25-22(26)27-19-12-11-17-15-18-10-7-6-8-13-23(2,21(18)24)20(17)16-19/h11-12,16,18,21H,3-10,13-15,24H2,1-2H3,(H,25,26)/t18-,21-,23+/m0/s1. The molecule has 1 aromatic rings. The van der Waals surface area contributed by atoms with Crippen LogP contribution >= 0.6 is 0 Å². The highest BCUT2D eigenvalue weighted by atomic mass is 16.6. The number of ether oxygens (including phenoxy) is 1. The fourth-order valence-corrected chi connectivity index (χ4v) is 4.98. The minimum absolute atomic E-state index is 0.0192. The third kappa shape index (κ3) is 4.66. The maximum atomic E-state index is 12.1. The summed E-state index contributed by atoms with van der Waals surface area (Å²) in [6.45, 7) is 5.17. The van der Waals surface area contributed by atoms with Crippen molar-refractivity contribution in [2.24, 2.45) is 11.7 Å². The number of unbranched alkanes of at least 4 members (excludes halogenated alkanes) is 3. The molecular formula is C23H36N2O2. The highest BCUT2D eigenvalue weighted by Gasteiger charge is 2.43. The number of nitrogens with one attached hydrogen (secondary N) is 1. The van der Waals surface area contributed by atoms with Crippen LogP contribution in [-0.2, 0) is 11.8 Å². The van der Waals surface area contributed by atoms with Gasteiger partial charge in [-0.15, -0.1) is 0 Å². The maximum Gasteiger partial charge on any atom is 0.412 e. The van der Waals surface area contributed by atoms with Crippen LogP contribution in [0.1, 0.15) is 82.8 Å². The molecule has 2 aliphatic rings. The summed E-state index contributed by atoms with van der Waals surface area (Å²) in [5.74, 6) is 1.20. The molecule has 1 saturated carbocycles. The van der Waals surface area contributed by atoms with E-state index in [1.807, 2.05) is 6.07 Å². The first-order valence-corrected chi connectivity index (χ1v) is 10.9. The van der Waals surface area contributed by atoms with Crippen molar-refractivity contribution < 1.29 is 9.53 Å². The summed E-state index contributed by atoms with van der Waals surface area (Å²) in [7, 11) is 0. The van der Waals surface area contributed by atoms with E-state index in [9.17, 15) is 4.79 Å². The van der Waals surface area contributed by atoms with Gasteiger partial charge in [0.2, 0.25) is 0 Å². The average molecular weight is 373 g/mol. The van der Waals surface area contributed by atoms with Crippen molar-refractivity contribution in [2.75, 3.05) is 6.54 Å². The molecule has 0 heterocycles. The van der Waals surface area contributed by atoms with E-state index in [1.165, 1.54) is 49.7 Å². The molecule has 3 rings (SSSR count). The van der Waals surface area contributed by atoms with Crippen molar-refractivity contribution in [3.8, 4) is 5.75 Å². The minimum atomic E-state index is -0.354. The van der Waals surface area contributed by atoms with E-state index < -0.39 is 0 Å². The largest absolute Gasteiger partial charge is 0.412 e. The number of nitrogens with two attached hydrogens (primary N) is 1. The lowest BCUT2D eigenvalue weighted by molar-refractivity contribution is 0.196. The Kier molecular flexibility index (Phi) is 6.80. The summed E-state index contributed by atoms with van der Waals surface area (Å²) in [6, 6.07) is 6.35. The fourth-order valence-electron chi connectivity index (χ4n) is 4.98. The third-order valence-electron chi connectivity index (χ3n) is 6.70. The SMILES string of the molecule is CCCCCCNC(=O)Oc1ccc2c(c1)[C@@]1(C)CCCCC[C@@H](C2)[C@@H]1N. The van der Waals surface area contributed by atoms with Gasteiger partial charge >= 0.3 is 6.09 Å². The van der Waals surface area contributed by atoms with Crippen molar-refractivity contribution in [1.29, 1.82) is 0 Å². The van der Waals surface area contributed by atoms with Crippen molar-refractivity contribution >= 4 is 6.09 Å². The molecule has 1 fully saturated rings. The number of amides is 1. The second-order valence-electron chi connectivity index (χ2n) is 8.70. The van der Waals surface area contributed by atoms with E-state index in [1.54, 1.807) is 0 Å². The fraction of sp³-hybridized carbons (Fsp3) is 0.696. The molecule has 3 N–H and O–H groups in total. The smallest absolute Gasteiger partial charge is 0.410 e. The second-order valence-corrected chi connectivity index (χ2v) is 8.70.